The molecule has 0 atom stereocenters. The van der Waals surface area contributed by atoms with Crippen LogP contribution in [0.1, 0.15) is 30.1 Å². The molecule has 0 aromatic heterocycles. The van der Waals surface area contributed by atoms with Gasteiger partial charge in [0.05, 0.1) is 11.5 Å². The summed E-state index contributed by atoms with van der Waals surface area (Å²) in [7, 11) is 0. The Labute approximate surface area is 122 Å². The van der Waals surface area contributed by atoms with Crippen LogP contribution in [-0.4, -0.2) is 41.5 Å². The third kappa shape index (κ3) is 3.49. The molecule has 0 spiro atoms. The zero-order valence-electron chi connectivity index (χ0n) is 11.9. The Morgan fingerprint density at radius 3 is 2.71 bits per heavy atom. The highest BCUT2D eigenvalue weighted by Gasteiger charge is 2.24. The van der Waals surface area contributed by atoms with Gasteiger partial charge in [-0.15, -0.1) is 0 Å². The van der Waals surface area contributed by atoms with E-state index in [4.69, 9.17) is 10.5 Å². The summed E-state index contributed by atoms with van der Waals surface area (Å²) in [6, 6.07) is 4.45. The monoisotopic (exact) mass is 293 g/mol. The first-order chi connectivity index (χ1) is 10.0. The van der Waals surface area contributed by atoms with Gasteiger partial charge in [-0.25, -0.2) is 0 Å². The van der Waals surface area contributed by atoms with Crippen molar-refractivity contribution in [1.29, 1.82) is 0 Å². The molecule has 1 aliphatic rings. The molecule has 0 radical (unpaired) electrons. The highest BCUT2D eigenvalue weighted by Crippen LogP contribution is 2.28. The maximum Gasteiger partial charge on any atom is 0.311 e. The molecule has 1 amide bonds. The van der Waals surface area contributed by atoms with E-state index in [9.17, 15) is 14.9 Å². The summed E-state index contributed by atoms with van der Waals surface area (Å²) in [6.07, 6.45) is 1.51. The van der Waals surface area contributed by atoms with Crippen molar-refractivity contribution in [3.05, 3.63) is 33.9 Å². The molecular weight excluding hydrogens is 274 g/mol. The number of nitro groups is 1. The Morgan fingerprint density at radius 2 is 2.14 bits per heavy atom. The van der Waals surface area contributed by atoms with Crippen LogP contribution in [0, 0.1) is 10.1 Å². The lowest BCUT2D eigenvalue weighted by molar-refractivity contribution is -0.385. The first kappa shape index (κ1) is 15.2. The lowest BCUT2D eigenvalue weighted by Crippen LogP contribution is -2.42. The van der Waals surface area contributed by atoms with Crippen molar-refractivity contribution in [2.24, 2.45) is 5.73 Å². The van der Waals surface area contributed by atoms with Gasteiger partial charge in [-0.1, -0.05) is 0 Å². The average Bonchev–Trinajstić information content (AvgIpc) is 2.48. The standard InChI is InChI=1S/C14H19N3O4/c1-2-21-13-4-3-10(9-12(13)17(19)20)14(18)16-7-5-11(15)6-8-16/h3-4,9,11H,2,5-8,15H2,1H3. The van der Waals surface area contributed by atoms with E-state index in [1.807, 2.05) is 0 Å². The number of likely N-dealkylation sites (tertiary alicyclic amines) is 1. The highest BCUT2D eigenvalue weighted by atomic mass is 16.6. The number of nitrogens with zero attached hydrogens (tertiary/aromatic N) is 2. The van der Waals surface area contributed by atoms with Gasteiger partial charge in [-0.3, -0.25) is 14.9 Å². The number of ether oxygens (including phenoxy) is 1. The fraction of sp³-hybridized carbons (Fsp3) is 0.500. The zero-order chi connectivity index (χ0) is 15.4. The van der Waals surface area contributed by atoms with Crippen LogP contribution in [0.2, 0.25) is 0 Å². The van der Waals surface area contributed by atoms with Crippen molar-refractivity contribution in [1.82, 2.24) is 4.90 Å². The van der Waals surface area contributed by atoms with Crippen LogP contribution < -0.4 is 10.5 Å². The van der Waals surface area contributed by atoms with E-state index < -0.39 is 4.92 Å². The molecule has 21 heavy (non-hydrogen) atoms. The van der Waals surface area contributed by atoms with Gasteiger partial charge in [0.2, 0.25) is 0 Å². The molecule has 0 aliphatic carbocycles. The lowest BCUT2D eigenvalue weighted by Gasteiger charge is -2.30. The second-order valence-electron chi connectivity index (χ2n) is 5.00. The van der Waals surface area contributed by atoms with Gasteiger partial charge >= 0.3 is 5.69 Å². The minimum absolute atomic E-state index is 0.128. The highest BCUT2D eigenvalue weighted by molar-refractivity contribution is 5.95. The number of piperidine rings is 1. The quantitative estimate of drug-likeness (QED) is 0.671. The first-order valence-corrected chi connectivity index (χ1v) is 6.99. The number of hydrogen-bond acceptors (Lipinski definition) is 5. The third-order valence-corrected chi connectivity index (χ3v) is 3.53. The molecule has 1 aliphatic heterocycles. The summed E-state index contributed by atoms with van der Waals surface area (Å²) in [6.45, 7) is 3.25. The van der Waals surface area contributed by atoms with Crippen LogP contribution >= 0.6 is 0 Å². The van der Waals surface area contributed by atoms with Crippen molar-refractivity contribution in [2.45, 2.75) is 25.8 Å². The first-order valence-electron chi connectivity index (χ1n) is 6.99. The SMILES string of the molecule is CCOc1ccc(C(=O)N2CCC(N)CC2)cc1[N+](=O)[O-]. The third-order valence-electron chi connectivity index (χ3n) is 3.53. The van der Waals surface area contributed by atoms with E-state index in [1.165, 1.54) is 12.1 Å². The van der Waals surface area contributed by atoms with E-state index >= 15 is 0 Å². The maximum absolute atomic E-state index is 12.4. The maximum atomic E-state index is 12.4. The van der Waals surface area contributed by atoms with Gasteiger partial charge in [0.25, 0.3) is 5.91 Å². The molecule has 2 N–H and O–H groups in total. The normalized spacial score (nSPS) is 15.8. The number of carbonyl (C=O) groups excluding carboxylic acids is 1. The number of benzene rings is 1. The van der Waals surface area contributed by atoms with Gasteiger partial charge < -0.3 is 15.4 Å². The molecule has 1 fully saturated rings. The molecule has 1 heterocycles. The van der Waals surface area contributed by atoms with Crippen molar-refractivity contribution >= 4 is 11.6 Å². The van der Waals surface area contributed by atoms with E-state index in [2.05, 4.69) is 0 Å². The Morgan fingerprint density at radius 1 is 1.48 bits per heavy atom. The Balaban J connectivity index is 2.21. The lowest BCUT2D eigenvalue weighted by atomic mass is 10.0. The molecule has 7 nitrogen and oxygen atoms in total. The minimum Gasteiger partial charge on any atom is -0.487 e. The van der Waals surface area contributed by atoms with Gasteiger partial charge in [0.15, 0.2) is 5.75 Å². The van der Waals surface area contributed by atoms with E-state index in [0.717, 1.165) is 12.8 Å². The molecule has 0 bridgehead atoms. The van der Waals surface area contributed by atoms with Crippen molar-refractivity contribution < 1.29 is 14.5 Å². The predicted octanol–water partition coefficient (Wildman–Crippen LogP) is 1.56. The summed E-state index contributed by atoms with van der Waals surface area (Å²) in [5, 5.41) is 11.1. The molecule has 2 rings (SSSR count). The van der Waals surface area contributed by atoms with Gasteiger partial charge in [0.1, 0.15) is 0 Å². The van der Waals surface area contributed by atoms with Gasteiger partial charge in [-0.05, 0) is 31.9 Å². The Bertz CT molecular complexity index is 539. The smallest absolute Gasteiger partial charge is 0.311 e. The average molecular weight is 293 g/mol. The number of nitro benzene ring substituents is 1. The van der Waals surface area contributed by atoms with E-state index in [0.29, 0.717) is 25.3 Å². The van der Waals surface area contributed by atoms with Crippen molar-refractivity contribution in [2.75, 3.05) is 19.7 Å². The fourth-order valence-electron chi connectivity index (χ4n) is 2.36. The molecule has 7 heteroatoms. The van der Waals surface area contributed by atoms with E-state index in [-0.39, 0.29) is 23.4 Å². The molecule has 1 aromatic rings. The second-order valence-corrected chi connectivity index (χ2v) is 5.00. The van der Waals surface area contributed by atoms with Crippen molar-refractivity contribution in [3.63, 3.8) is 0 Å². The van der Waals surface area contributed by atoms with Gasteiger partial charge in [0, 0.05) is 30.8 Å². The number of amides is 1. The summed E-state index contributed by atoms with van der Waals surface area (Å²) < 4.78 is 5.21. The molecule has 1 saturated heterocycles. The fourth-order valence-corrected chi connectivity index (χ4v) is 2.36. The van der Waals surface area contributed by atoms with Crippen LogP contribution in [0.5, 0.6) is 5.75 Å². The van der Waals surface area contributed by atoms with Crippen LogP contribution in [0.15, 0.2) is 18.2 Å². The van der Waals surface area contributed by atoms with Crippen molar-refractivity contribution in [3.8, 4) is 5.75 Å². The van der Waals surface area contributed by atoms with Crippen LogP contribution in [-0.2, 0) is 0 Å². The topological polar surface area (TPSA) is 98.7 Å². The second kappa shape index (κ2) is 6.53. The molecular formula is C14H19N3O4. The van der Waals surface area contributed by atoms with Crippen LogP contribution in [0.4, 0.5) is 5.69 Å². The number of rotatable bonds is 4. The minimum atomic E-state index is -0.534. The van der Waals surface area contributed by atoms with Crippen LogP contribution in [0.3, 0.4) is 0 Å². The zero-order valence-corrected chi connectivity index (χ0v) is 11.9. The number of hydrogen-bond donors (Lipinski definition) is 1. The largest absolute Gasteiger partial charge is 0.487 e. The van der Waals surface area contributed by atoms with Crippen LogP contribution in [0.25, 0.3) is 0 Å². The summed E-state index contributed by atoms with van der Waals surface area (Å²) in [4.78, 5) is 24.6. The molecule has 0 saturated carbocycles. The predicted molar refractivity (Wildman–Crippen MR) is 77.4 cm³/mol. The Hall–Kier alpha value is -2.15. The molecule has 1 aromatic carbocycles. The molecule has 114 valence electrons. The summed E-state index contributed by atoms with van der Waals surface area (Å²) in [5.74, 6) is -0.0206. The van der Waals surface area contributed by atoms with E-state index in [1.54, 1.807) is 17.9 Å². The summed E-state index contributed by atoms with van der Waals surface area (Å²) in [5.41, 5.74) is 5.93. The summed E-state index contributed by atoms with van der Waals surface area (Å²) >= 11 is 0. The number of nitrogens with two attached hydrogens (primary N) is 1. The Kier molecular flexibility index (Phi) is 4.74. The molecule has 0 unspecified atom stereocenters. The number of carbonyl (C=O) groups is 1. The van der Waals surface area contributed by atoms with Gasteiger partial charge in [-0.2, -0.15) is 0 Å².